The molecule has 1 aliphatic heterocycles. The van der Waals surface area contributed by atoms with E-state index in [2.05, 4.69) is 4.90 Å². The number of β-amino-alcohol motifs (C(OH)–C–C–N with tert-alkyl or cyclic N) is 1. The summed E-state index contributed by atoms with van der Waals surface area (Å²) in [7, 11) is 0. The van der Waals surface area contributed by atoms with E-state index in [1.54, 1.807) is 28.8 Å². The first-order valence-electron chi connectivity index (χ1n) is 17.0. The Kier molecular flexibility index (Phi) is 11.0. The molecule has 1 fully saturated rings. The van der Waals surface area contributed by atoms with Crippen molar-refractivity contribution in [3.63, 3.8) is 0 Å². The van der Waals surface area contributed by atoms with Crippen molar-refractivity contribution in [1.82, 2.24) is 14.4 Å². The number of para-hydroxylation sites is 1. The third-order valence-electron chi connectivity index (χ3n) is 9.67. The molecule has 0 radical (unpaired) electrons. The second-order valence-corrected chi connectivity index (χ2v) is 12.9. The van der Waals surface area contributed by atoms with E-state index in [0.717, 1.165) is 29.3 Å². The Morgan fingerprint density at radius 2 is 1.51 bits per heavy atom. The van der Waals surface area contributed by atoms with Crippen molar-refractivity contribution in [2.45, 2.75) is 51.0 Å². The van der Waals surface area contributed by atoms with E-state index < -0.39 is 23.4 Å². The van der Waals surface area contributed by atoms with Gasteiger partial charge in [-0.15, -0.1) is 0 Å². The van der Waals surface area contributed by atoms with E-state index in [9.17, 15) is 36.6 Å². The number of piperidine rings is 1. The van der Waals surface area contributed by atoms with Gasteiger partial charge in [0.05, 0.1) is 17.7 Å². The van der Waals surface area contributed by atoms with Crippen LogP contribution < -0.4 is 5.43 Å². The number of nitrogens with zero attached hydrogens (tertiary/aromatic N) is 3. The molecular formula is C40H38F5N3O3. The summed E-state index contributed by atoms with van der Waals surface area (Å²) in [6.07, 6.45) is -2.74. The minimum Gasteiger partial charge on any atom is -0.395 e. The van der Waals surface area contributed by atoms with Crippen LogP contribution in [-0.2, 0) is 36.9 Å². The number of carbonyl (C=O) groups is 1. The highest BCUT2D eigenvalue weighted by molar-refractivity contribution is 5.83. The molecule has 6 rings (SSSR count). The maximum Gasteiger partial charge on any atom is 0.416 e. The van der Waals surface area contributed by atoms with Gasteiger partial charge in [0.15, 0.2) is 17.1 Å². The number of halogens is 5. The highest BCUT2D eigenvalue weighted by Crippen LogP contribution is 2.31. The number of likely N-dealkylation sites (tertiary alicyclic amines) is 1. The molecule has 1 N–H and O–H groups in total. The van der Waals surface area contributed by atoms with Crippen molar-refractivity contribution in [1.29, 1.82) is 0 Å². The van der Waals surface area contributed by atoms with Gasteiger partial charge in [-0.3, -0.25) is 9.59 Å². The van der Waals surface area contributed by atoms with Crippen LogP contribution in [0.3, 0.4) is 0 Å². The minimum absolute atomic E-state index is 0.0420. The van der Waals surface area contributed by atoms with Gasteiger partial charge in [-0.25, -0.2) is 8.78 Å². The van der Waals surface area contributed by atoms with E-state index in [1.165, 1.54) is 30.3 Å². The molecule has 1 saturated heterocycles. The summed E-state index contributed by atoms with van der Waals surface area (Å²) in [5.41, 5.74) is 2.51. The first-order valence-corrected chi connectivity index (χ1v) is 17.0. The molecule has 11 heteroatoms. The molecule has 0 atom stereocenters. The fraction of sp³-hybridized carbons (Fsp3) is 0.300. The van der Waals surface area contributed by atoms with Crippen LogP contribution in [0.2, 0.25) is 0 Å². The smallest absolute Gasteiger partial charge is 0.395 e. The number of amides is 1. The Balaban J connectivity index is 1.29. The lowest BCUT2D eigenvalue weighted by Gasteiger charge is -2.39. The highest BCUT2D eigenvalue weighted by Gasteiger charge is 2.31. The predicted octanol–water partition coefficient (Wildman–Crippen LogP) is 7.24. The number of aromatic nitrogens is 1. The summed E-state index contributed by atoms with van der Waals surface area (Å²) in [4.78, 5) is 31.6. The molecule has 0 unspecified atom stereocenters. The Bertz CT molecular complexity index is 2040. The van der Waals surface area contributed by atoms with Crippen molar-refractivity contribution < 1.29 is 31.9 Å². The zero-order chi connectivity index (χ0) is 36.1. The summed E-state index contributed by atoms with van der Waals surface area (Å²) in [6.45, 7) is 2.17. The third-order valence-corrected chi connectivity index (χ3v) is 9.67. The maximum atomic E-state index is 14.6. The number of benzene rings is 4. The van der Waals surface area contributed by atoms with Crippen LogP contribution in [0.25, 0.3) is 22.0 Å². The lowest BCUT2D eigenvalue weighted by molar-refractivity contribution is -0.137. The summed E-state index contributed by atoms with van der Waals surface area (Å²) in [5.74, 6) is -2.08. The number of pyridine rings is 1. The number of aliphatic hydroxyl groups is 1. The van der Waals surface area contributed by atoms with Crippen molar-refractivity contribution >= 4 is 16.8 Å². The summed E-state index contributed by atoms with van der Waals surface area (Å²) >= 11 is 0. The second-order valence-electron chi connectivity index (χ2n) is 12.9. The summed E-state index contributed by atoms with van der Waals surface area (Å²) in [6, 6.07) is 24.7. The fourth-order valence-corrected chi connectivity index (χ4v) is 6.87. The van der Waals surface area contributed by atoms with Gasteiger partial charge < -0.3 is 19.5 Å². The Morgan fingerprint density at radius 1 is 0.843 bits per heavy atom. The van der Waals surface area contributed by atoms with Gasteiger partial charge in [-0.05, 0) is 78.3 Å². The lowest BCUT2D eigenvalue weighted by Crippen LogP contribution is -2.48. The van der Waals surface area contributed by atoms with Crippen molar-refractivity contribution in [3.8, 4) is 11.1 Å². The molecule has 0 bridgehead atoms. The molecular weight excluding hydrogens is 665 g/mol. The molecule has 51 heavy (non-hydrogen) atoms. The molecule has 6 nitrogen and oxygen atoms in total. The molecule has 0 aliphatic carbocycles. The number of hydrogen-bond acceptors (Lipinski definition) is 4. The monoisotopic (exact) mass is 703 g/mol. The van der Waals surface area contributed by atoms with Crippen LogP contribution in [0.15, 0.2) is 102 Å². The van der Waals surface area contributed by atoms with Gasteiger partial charge in [-0.2, -0.15) is 13.2 Å². The number of alkyl halides is 3. The molecule has 0 saturated carbocycles. The van der Waals surface area contributed by atoms with E-state index >= 15 is 0 Å². The highest BCUT2D eigenvalue weighted by atomic mass is 19.4. The normalized spacial score (nSPS) is 14.2. The van der Waals surface area contributed by atoms with Gasteiger partial charge in [0.1, 0.15) is 6.54 Å². The number of fused-ring (bicyclic) bond motifs is 1. The average Bonchev–Trinajstić information content (AvgIpc) is 3.13. The number of hydrogen-bond donors (Lipinski definition) is 1. The van der Waals surface area contributed by atoms with Crippen LogP contribution in [0.5, 0.6) is 0 Å². The Labute approximate surface area is 292 Å². The number of rotatable bonds is 11. The molecule has 1 amide bonds. The Morgan fingerprint density at radius 3 is 2.18 bits per heavy atom. The van der Waals surface area contributed by atoms with Crippen molar-refractivity contribution in [2.24, 2.45) is 0 Å². The van der Waals surface area contributed by atoms with Crippen molar-refractivity contribution in [3.05, 3.63) is 141 Å². The van der Waals surface area contributed by atoms with Crippen LogP contribution in [0, 0.1) is 11.6 Å². The zero-order valence-electron chi connectivity index (χ0n) is 27.9. The third kappa shape index (κ3) is 8.37. The average molecular weight is 704 g/mol. The van der Waals surface area contributed by atoms with Gasteiger partial charge in [0.2, 0.25) is 5.91 Å². The van der Waals surface area contributed by atoms with E-state index in [1.807, 2.05) is 29.2 Å². The lowest BCUT2D eigenvalue weighted by atomic mass is 10.00. The second kappa shape index (κ2) is 15.6. The van der Waals surface area contributed by atoms with E-state index in [0.29, 0.717) is 54.6 Å². The van der Waals surface area contributed by atoms with Gasteiger partial charge in [0.25, 0.3) is 0 Å². The minimum atomic E-state index is -4.42. The topological polar surface area (TPSA) is 65.8 Å². The predicted molar refractivity (Wildman–Crippen MR) is 186 cm³/mol. The van der Waals surface area contributed by atoms with Gasteiger partial charge >= 0.3 is 6.18 Å². The molecule has 266 valence electrons. The molecule has 1 aromatic heterocycles. The standard InChI is InChI=1S/C40H38F5N3O3/c41-35-6-3-4-30(39(35)42)14-17-33-24-37(50)34-5-1-2-7-36(34)47(33)26-38(51)48(32-18-20-46(21-19-32)22-23-49)25-27-8-10-28(11-9-27)29-12-15-31(16-13-29)40(43,44)45/h1-13,15-16,24,32,49H,14,17-23,25-26H2. The first kappa shape index (κ1) is 35.9. The fourth-order valence-electron chi connectivity index (χ4n) is 6.87. The summed E-state index contributed by atoms with van der Waals surface area (Å²) in [5, 5.41) is 9.89. The molecule has 5 aromatic rings. The molecule has 1 aliphatic rings. The largest absolute Gasteiger partial charge is 0.416 e. The Hall–Kier alpha value is -4.87. The maximum absolute atomic E-state index is 14.6. The van der Waals surface area contributed by atoms with E-state index in [4.69, 9.17) is 0 Å². The molecule has 4 aromatic carbocycles. The van der Waals surface area contributed by atoms with Crippen LogP contribution in [-0.4, -0.2) is 57.7 Å². The van der Waals surface area contributed by atoms with Crippen LogP contribution in [0.1, 0.15) is 35.2 Å². The molecule has 2 heterocycles. The number of aryl methyl sites for hydroxylation is 2. The van der Waals surface area contributed by atoms with Crippen LogP contribution >= 0.6 is 0 Å². The van der Waals surface area contributed by atoms with Crippen molar-refractivity contribution in [2.75, 3.05) is 26.2 Å². The first-order chi connectivity index (χ1) is 24.5. The van der Waals surface area contributed by atoms with Crippen LogP contribution in [0.4, 0.5) is 22.0 Å². The zero-order valence-corrected chi connectivity index (χ0v) is 27.9. The molecule has 0 spiro atoms. The number of aliphatic hydroxyl groups excluding tert-OH is 1. The summed E-state index contributed by atoms with van der Waals surface area (Å²) < 4.78 is 69.6. The quantitative estimate of drug-likeness (QED) is 0.148. The van der Waals surface area contributed by atoms with Gasteiger partial charge in [-0.1, -0.05) is 60.7 Å². The SMILES string of the molecule is O=C(Cn1c(CCc2cccc(F)c2F)cc(=O)c2ccccc21)N(Cc1ccc(-c2ccc(C(F)(F)F)cc2)cc1)C1CCN(CCO)CC1. The number of carbonyl (C=O) groups excluding carboxylic acids is 1. The van der Waals surface area contributed by atoms with E-state index in [-0.39, 0.29) is 55.5 Å². The van der Waals surface area contributed by atoms with Gasteiger partial charge in [0, 0.05) is 49.4 Å².